The molecular weight excluding hydrogens is 219 g/mol. The minimum Gasteiger partial charge on any atom is -0.290 e. The van der Waals surface area contributed by atoms with Crippen LogP contribution in [-0.4, -0.2) is 17.7 Å². The molecule has 0 saturated heterocycles. The number of halogens is 3. The molecule has 1 aromatic rings. The molecule has 1 N–H and O–H groups in total. The van der Waals surface area contributed by atoms with Gasteiger partial charge in [-0.15, -0.1) is 0 Å². The highest BCUT2D eigenvalue weighted by molar-refractivity contribution is 5.22. The number of alkyl halides is 3. The van der Waals surface area contributed by atoms with E-state index in [1.54, 1.807) is 25.1 Å². The molecule has 1 atom stereocenters. The van der Waals surface area contributed by atoms with Crippen LogP contribution in [0, 0.1) is 18.3 Å². The number of aryl methyl sites for hydroxylation is 1. The summed E-state index contributed by atoms with van der Waals surface area (Å²) in [4.78, 5) is 3.92. The third-order valence-electron chi connectivity index (χ3n) is 1.90. The van der Waals surface area contributed by atoms with Gasteiger partial charge in [0.1, 0.15) is 6.04 Å². The molecule has 0 aliphatic carbocycles. The van der Waals surface area contributed by atoms with Gasteiger partial charge in [-0.3, -0.25) is 10.3 Å². The first-order valence-corrected chi connectivity index (χ1v) is 4.54. The van der Waals surface area contributed by atoms with E-state index in [0.717, 1.165) is 5.69 Å². The van der Waals surface area contributed by atoms with Crippen molar-refractivity contribution in [3.63, 3.8) is 0 Å². The molecule has 0 aliphatic heterocycles. The molecule has 0 saturated carbocycles. The van der Waals surface area contributed by atoms with Crippen LogP contribution in [0.25, 0.3) is 0 Å². The van der Waals surface area contributed by atoms with Crippen LogP contribution in [0.15, 0.2) is 18.3 Å². The van der Waals surface area contributed by atoms with E-state index in [0.29, 0.717) is 5.56 Å². The number of hydrogen-bond donors (Lipinski definition) is 1. The summed E-state index contributed by atoms with van der Waals surface area (Å²) in [5.41, 5.74) is 1.17. The van der Waals surface area contributed by atoms with Gasteiger partial charge >= 0.3 is 6.18 Å². The Bertz CT molecular complexity index is 378. The normalized spacial score (nSPS) is 13.2. The minimum atomic E-state index is -4.33. The highest BCUT2D eigenvalue weighted by Crippen LogP contribution is 2.16. The van der Waals surface area contributed by atoms with Gasteiger partial charge in [-0.2, -0.15) is 18.4 Å². The van der Waals surface area contributed by atoms with Gasteiger partial charge in [-0.1, -0.05) is 6.07 Å². The van der Waals surface area contributed by atoms with Crippen molar-refractivity contribution in [3.05, 3.63) is 29.6 Å². The molecule has 3 nitrogen and oxygen atoms in total. The molecular formula is C10H10F3N3. The fourth-order valence-corrected chi connectivity index (χ4v) is 1.11. The van der Waals surface area contributed by atoms with Gasteiger partial charge in [0.05, 0.1) is 12.6 Å². The summed E-state index contributed by atoms with van der Waals surface area (Å²) in [6.07, 6.45) is -2.93. The van der Waals surface area contributed by atoms with E-state index >= 15 is 0 Å². The first-order valence-electron chi connectivity index (χ1n) is 4.54. The summed E-state index contributed by atoms with van der Waals surface area (Å²) in [5.74, 6) is 0. The maximum absolute atomic E-state index is 11.9. The van der Waals surface area contributed by atoms with Crippen LogP contribution in [-0.2, 0) is 0 Å². The molecule has 0 spiro atoms. The Morgan fingerprint density at radius 2 is 2.19 bits per heavy atom. The SMILES string of the molecule is Cc1ccc(C(C#N)NCC(F)(F)F)cn1. The molecule has 1 aromatic heterocycles. The fourth-order valence-electron chi connectivity index (χ4n) is 1.11. The molecule has 1 rings (SSSR count). The van der Waals surface area contributed by atoms with Crippen LogP contribution in [0.2, 0.25) is 0 Å². The molecule has 0 aromatic carbocycles. The molecule has 0 fully saturated rings. The Morgan fingerprint density at radius 1 is 1.50 bits per heavy atom. The highest BCUT2D eigenvalue weighted by Gasteiger charge is 2.28. The fraction of sp³-hybridized carbons (Fsp3) is 0.400. The predicted molar refractivity (Wildman–Crippen MR) is 51.4 cm³/mol. The van der Waals surface area contributed by atoms with Crippen LogP contribution < -0.4 is 5.32 Å². The molecule has 6 heteroatoms. The number of rotatable bonds is 3. The van der Waals surface area contributed by atoms with Gasteiger partial charge < -0.3 is 0 Å². The Kier molecular flexibility index (Phi) is 3.85. The van der Waals surface area contributed by atoms with Crippen molar-refractivity contribution in [1.29, 1.82) is 5.26 Å². The zero-order valence-electron chi connectivity index (χ0n) is 8.54. The summed E-state index contributed by atoms with van der Waals surface area (Å²) >= 11 is 0. The number of nitriles is 1. The Labute approximate surface area is 90.9 Å². The summed E-state index contributed by atoms with van der Waals surface area (Å²) in [7, 11) is 0. The molecule has 1 unspecified atom stereocenters. The Hall–Kier alpha value is -1.61. The van der Waals surface area contributed by atoms with Gasteiger partial charge in [0.15, 0.2) is 0 Å². The third-order valence-corrected chi connectivity index (χ3v) is 1.90. The molecule has 86 valence electrons. The van der Waals surface area contributed by atoms with Crippen LogP contribution in [0.3, 0.4) is 0 Å². The number of nitrogens with one attached hydrogen (secondary N) is 1. The lowest BCUT2D eigenvalue weighted by Gasteiger charge is -2.13. The van der Waals surface area contributed by atoms with Crippen molar-refractivity contribution < 1.29 is 13.2 Å². The molecule has 16 heavy (non-hydrogen) atoms. The average Bonchev–Trinajstić information content (AvgIpc) is 2.20. The summed E-state index contributed by atoms with van der Waals surface area (Å²) in [5, 5.41) is 10.9. The van der Waals surface area contributed by atoms with Crippen molar-refractivity contribution in [2.45, 2.75) is 19.1 Å². The van der Waals surface area contributed by atoms with Crippen molar-refractivity contribution in [2.24, 2.45) is 0 Å². The molecule has 0 radical (unpaired) electrons. The van der Waals surface area contributed by atoms with E-state index in [9.17, 15) is 13.2 Å². The number of pyridine rings is 1. The average molecular weight is 229 g/mol. The van der Waals surface area contributed by atoms with E-state index in [1.165, 1.54) is 6.20 Å². The summed E-state index contributed by atoms with van der Waals surface area (Å²) < 4.78 is 35.8. The van der Waals surface area contributed by atoms with Gasteiger partial charge in [0.25, 0.3) is 0 Å². The smallest absolute Gasteiger partial charge is 0.290 e. The molecule has 0 bridgehead atoms. The highest BCUT2D eigenvalue weighted by atomic mass is 19.4. The largest absolute Gasteiger partial charge is 0.401 e. The maximum Gasteiger partial charge on any atom is 0.401 e. The van der Waals surface area contributed by atoms with Crippen molar-refractivity contribution in [1.82, 2.24) is 10.3 Å². The standard InChI is InChI=1S/C10H10F3N3/c1-7-2-3-8(5-15-7)9(4-14)16-6-10(11,12)13/h2-3,5,9,16H,6H2,1H3. The first-order chi connectivity index (χ1) is 7.42. The molecule has 1 heterocycles. The van der Waals surface area contributed by atoms with E-state index in [1.807, 2.05) is 0 Å². The second-order valence-corrected chi connectivity index (χ2v) is 3.29. The Balaban J connectivity index is 2.69. The zero-order valence-corrected chi connectivity index (χ0v) is 8.54. The van der Waals surface area contributed by atoms with Crippen LogP contribution in [0.5, 0.6) is 0 Å². The lowest BCUT2D eigenvalue weighted by atomic mass is 10.1. The summed E-state index contributed by atoms with van der Waals surface area (Å²) in [6, 6.07) is 4.00. The molecule has 0 aliphatic rings. The predicted octanol–water partition coefficient (Wildman–Crippen LogP) is 2.11. The van der Waals surface area contributed by atoms with Gasteiger partial charge in [0.2, 0.25) is 0 Å². The second-order valence-electron chi connectivity index (χ2n) is 3.29. The molecule has 0 amide bonds. The van der Waals surface area contributed by atoms with Gasteiger partial charge in [-0.25, -0.2) is 0 Å². The van der Waals surface area contributed by atoms with Crippen LogP contribution >= 0.6 is 0 Å². The third kappa shape index (κ3) is 3.87. The first kappa shape index (κ1) is 12.5. The lowest BCUT2D eigenvalue weighted by molar-refractivity contribution is -0.125. The van der Waals surface area contributed by atoms with E-state index in [4.69, 9.17) is 5.26 Å². The van der Waals surface area contributed by atoms with Crippen molar-refractivity contribution in [2.75, 3.05) is 6.54 Å². The minimum absolute atomic E-state index is 0.428. The van der Waals surface area contributed by atoms with Gasteiger partial charge in [-0.05, 0) is 13.0 Å². The topological polar surface area (TPSA) is 48.7 Å². The van der Waals surface area contributed by atoms with E-state index in [2.05, 4.69) is 10.3 Å². The maximum atomic E-state index is 11.9. The summed E-state index contributed by atoms with van der Waals surface area (Å²) in [6.45, 7) is 0.563. The van der Waals surface area contributed by atoms with Gasteiger partial charge in [0, 0.05) is 17.5 Å². The van der Waals surface area contributed by atoms with Crippen molar-refractivity contribution in [3.8, 4) is 6.07 Å². The number of aromatic nitrogens is 1. The lowest BCUT2D eigenvalue weighted by Crippen LogP contribution is -2.31. The quantitative estimate of drug-likeness (QED) is 0.863. The van der Waals surface area contributed by atoms with E-state index < -0.39 is 18.8 Å². The number of nitrogens with zero attached hydrogens (tertiary/aromatic N) is 2. The van der Waals surface area contributed by atoms with Crippen LogP contribution in [0.4, 0.5) is 13.2 Å². The second kappa shape index (κ2) is 4.94. The monoisotopic (exact) mass is 229 g/mol. The van der Waals surface area contributed by atoms with Crippen molar-refractivity contribution >= 4 is 0 Å². The van der Waals surface area contributed by atoms with E-state index in [-0.39, 0.29) is 0 Å². The zero-order chi connectivity index (χ0) is 12.2. The van der Waals surface area contributed by atoms with Crippen LogP contribution in [0.1, 0.15) is 17.3 Å². The number of hydrogen-bond acceptors (Lipinski definition) is 3. The Morgan fingerprint density at radius 3 is 2.62 bits per heavy atom.